The van der Waals surface area contributed by atoms with E-state index in [0.717, 1.165) is 82.5 Å². The van der Waals surface area contributed by atoms with Gasteiger partial charge < -0.3 is 13.7 Å². The molecule has 5 nitrogen and oxygen atoms in total. The van der Waals surface area contributed by atoms with E-state index in [4.69, 9.17) is 6.57 Å². The summed E-state index contributed by atoms with van der Waals surface area (Å²) in [6.07, 6.45) is 0. The molecule has 254 valence electrons. The third-order valence-corrected chi connectivity index (χ3v) is 11.1. The van der Waals surface area contributed by atoms with E-state index < -0.39 is 0 Å². The van der Waals surface area contributed by atoms with Crippen LogP contribution in [0.2, 0.25) is 0 Å². The summed E-state index contributed by atoms with van der Waals surface area (Å²) < 4.78 is 6.87. The van der Waals surface area contributed by atoms with Crippen molar-refractivity contribution in [1.29, 1.82) is 5.26 Å². The maximum absolute atomic E-state index is 11.0. The molecule has 3 heterocycles. The lowest BCUT2D eigenvalue weighted by atomic mass is 9.96. The largest absolute Gasteiger partial charge is 0.319 e. The summed E-state index contributed by atoms with van der Waals surface area (Å²) in [7, 11) is 0. The molecule has 3 aromatic heterocycles. The summed E-state index contributed by atoms with van der Waals surface area (Å²) in [6.45, 7) is 8.52. The molecule has 0 bridgehead atoms. The molecule has 0 saturated heterocycles. The summed E-state index contributed by atoms with van der Waals surface area (Å²) in [4.78, 5) is 4.10. The number of hydrogen-bond acceptors (Lipinski definition) is 1. The Bertz CT molecular complexity index is 3400. The van der Waals surface area contributed by atoms with Gasteiger partial charge in [-0.1, -0.05) is 127 Å². The molecule has 0 N–H and O–H groups in total. The van der Waals surface area contributed by atoms with E-state index in [0.29, 0.717) is 16.9 Å². The summed E-state index contributed by atoms with van der Waals surface area (Å²) in [6, 6.07) is 63.5. The fourth-order valence-corrected chi connectivity index (χ4v) is 8.89. The summed E-state index contributed by atoms with van der Waals surface area (Å²) in [5.41, 5.74) is 11.4. The average molecular weight is 700 g/mol. The van der Waals surface area contributed by atoms with Gasteiger partial charge in [-0.2, -0.15) is 5.26 Å². The molecule has 11 rings (SSSR count). The van der Waals surface area contributed by atoms with Gasteiger partial charge in [0.1, 0.15) is 0 Å². The second-order valence-corrected chi connectivity index (χ2v) is 13.9. The molecule has 0 spiro atoms. The molecule has 0 aliphatic carbocycles. The maximum atomic E-state index is 11.0. The molecule has 0 unspecified atom stereocenters. The van der Waals surface area contributed by atoms with E-state index in [1.807, 2.05) is 42.5 Å². The second kappa shape index (κ2) is 11.8. The standard InChI is InChI=1S/C50H29N5/c1-52-48-41(31-51)33(29-30-47(48)54-43-23-11-6-18-35(43)36-19-7-12-24-44(36)54)34-17-5-13-25-45(34)55-46-26-14-9-21-38(46)40-28-27-39-37-20-8-10-22-42(37)53(49(39)50(40)55)32-15-3-2-4-16-32/h2-30H. The van der Waals surface area contributed by atoms with Gasteiger partial charge >= 0.3 is 0 Å². The first-order chi connectivity index (χ1) is 27.3. The zero-order chi connectivity index (χ0) is 36.6. The van der Waals surface area contributed by atoms with Crippen molar-refractivity contribution >= 4 is 71.1 Å². The van der Waals surface area contributed by atoms with Gasteiger partial charge in [-0.15, -0.1) is 0 Å². The summed E-state index contributed by atoms with van der Waals surface area (Å²) >= 11 is 0. The van der Waals surface area contributed by atoms with Gasteiger partial charge in [-0.25, -0.2) is 4.85 Å². The van der Waals surface area contributed by atoms with Crippen LogP contribution in [-0.2, 0) is 0 Å². The predicted octanol–water partition coefficient (Wildman–Crippen LogP) is 13.1. The fourth-order valence-electron chi connectivity index (χ4n) is 8.89. The van der Waals surface area contributed by atoms with E-state index in [1.165, 1.54) is 5.39 Å². The Labute approximate surface area is 316 Å². The quantitative estimate of drug-likeness (QED) is 0.169. The summed E-state index contributed by atoms with van der Waals surface area (Å²) in [5.74, 6) is 0. The lowest BCUT2D eigenvalue weighted by Gasteiger charge is -2.18. The van der Waals surface area contributed by atoms with Gasteiger partial charge in [0.25, 0.3) is 0 Å². The van der Waals surface area contributed by atoms with Gasteiger partial charge in [0, 0.05) is 43.6 Å². The number of benzene rings is 8. The van der Waals surface area contributed by atoms with Crippen molar-refractivity contribution in [2.24, 2.45) is 0 Å². The van der Waals surface area contributed by atoms with E-state index in [9.17, 15) is 5.26 Å². The van der Waals surface area contributed by atoms with Crippen LogP contribution in [0.15, 0.2) is 176 Å². The Hall–Kier alpha value is -7.86. The monoisotopic (exact) mass is 699 g/mol. The third kappa shape index (κ3) is 4.27. The van der Waals surface area contributed by atoms with Gasteiger partial charge in [0.2, 0.25) is 5.69 Å². The van der Waals surface area contributed by atoms with E-state index in [2.05, 4.69) is 158 Å². The number of fused-ring (bicyclic) bond motifs is 10. The average Bonchev–Trinajstić information content (AvgIpc) is 3.89. The van der Waals surface area contributed by atoms with Crippen molar-refractivity contribution in [2.45, 2.75) is 0 Å². The SMILES string of the molecule is [C-]#[N+]c1c(-n2c3ccccc3c3ccccc32)ccc(-c2ccccc2-n2c3ccccc3c3ccc4c5ccccc5n(-c5ccccc5)c4c32)c1C#N. The Morgan fingerprint density at radius 2 is 0.873 bits per heavy atom. The Kier molecular flexibility index (Phi) is 6.61. The van der Waals surface area contributed by atoms with Crippen LogP contribution in [0.5, 0.6) is 0 Å². The minimum Gasteiger partial charge on any atom is -0.319 e. The maximum Gasteiger partial charge on any atom is 0.228 e. The van der Waals surface area contributed by atoms with Crippen LogP contribution in [0.3, 0.4) is 0 Å². The van der Waals surface area contributed by atoms with Crippen molar-refractivity contribution in [3.8, 4) is 34.3 Å². The van der Waals surface area contributed by atoms with E-state index in [-0.39, 0.29) is 0 Å². The number of hydrogen-bond donors (Lipinski definition) is 0. The number of aromatic nitrogens is 3. The Balaban J connectivity index is 1.24. The molecule has 8 aromatic carbocycles. The van der Waals surface area contributed by atoms with Gasteiger partial charge in [0.05, 0.1) is 62.7 Å². The predicted molar refractivity (Wildman–Crippen MR) is 226 cm³/mol. The molecule has 55 heavy (non-hydrogen) atoms. The lowest BCUT2D eigenvalue weighted by Crippen LogP contribution is -2.02. The van der Waals surface area contributed by atoms with Crippen LogP contribution in [0, 0.1) is 17.9 Å². The summed E-state index contributed by atoms with van der Waals surface area (Å²) in [5, 5.41) is 17.8. The van der Waals surface area contributed by atoms with Crippen molar-refractivity contribution < 1.29 is 0 Å². The van der Waals surface area contributed by atoms with Crippen LogP contribution in [-0.4, -0.2) is 13.7 Å². The normalized spacial score (nSPS) is 11.6. The minimum absolute atomic E-state index is 0.329. The Morgan fingerprint density at radius 3 is 1.45 bits per heavy atom. The van der Waals surface area contributed by atoms with Crippen LogP contribution >= 0.6 is 0 Å². The third-order valence-electron chi connectivity index (χ3n) is 11.1. The first-order valence-corrected chi connectivity index (χ1v) is 18.3. The molecular weight excluding hydrogens is 671 g/mol. The smallest absolute Gasteiger partial charge is 0.228 e. The van der Waals surface area contributed by atoms with Gasteiger partial charge in [0.15, 0.2) is 0 Å². The first kappa shape index (κ1) is 30.7. The minimum atomic E-state index is 0.329. The lowest BCUT2D eigenvalue weighted by molar-refractivity contribution is 1.15. The van der Waals surface area contributed by atoms with E-state index >= 15 is 0 Å². The highest BCUT2D eigenvalue weighted by Crippen LogP contribution is 2.45. The molecule has 0 aliphatic rings. The molecule has 0 radical (unpaired) electrons. The zero-order valence-electron chi connectivity index (χ0n) is 29.5. The fraction of sp³-hybridized carbons (Fsp3) is 0. The van der Waals surface area contributed by atoms with Crippen molar-refractivity contribution in [1.82, 2.24) is 13.7 Å². The van der Waals surface area contributed by atoms with Crippen LogP contribution in [0.4, 0.5) is 5.69 Å². The number of nitrogens with zero attached hydrogens (tertiary/aromatic N) is 5. The number of nitriles is 1. The van der Waals surface area contributed by atoms with Crippen LogP contribution in [0.25, 0.3) is 98.5 Å². The van der Waals surface area contributed by atoms with Gasteiger partial charge in [-0.05, 0) is 54.1 Å². The van der Waals surface area contributed by atoms with Crippen molar-refractivity contribution in [2.75, 3.05) is 0 Å². The molecule has 0 saturated carbocycles. The molecule has 0 amide bonds. The molecule has 0 fully saturated rings. The zero-order valence-corrected chi connectivity index (χ0v) is 29.5. The highest BCUT2D eigenvalue weighted by Gasteiger charge is 2.25. The molecular formula is C50H29N5. The Morgan fingerprint density at radius 1 is 0.400 bits per heavy atom. The molecule has 11 aromatic rings. The first-order valence-electron chi connectivity index (χ1n) is 18.3. The number of rotatable bonds is 4. The van der Waals surface area contributed by atoms with Crippen molar-refractivity contribution in [3.63, 3.8) is 0 Å². The van der Waals surface area contributed by atoms with Gasteiger partial charge in [-0.3, -0.25) is 0 Å². The highest BCUT2D eigenvalue weighted by atomic mass is 15.0. The number of para-hydroxylation sites is 6. The van der Waals surface area contributed by atoms with Crippen molar-refractivity contribution in [3.05, 3.63) is 193 Å². The molecule has 0 aliphatic heterocycles. The highest BCUT2D eigenvalue weighted by molar-refractivity contribution is 6.24. The second-order valence-electron chi connectivity index (χ2n) is 13.9. The topological polar surface area (TPSA) is 42.9 Å². The van der Waals surface area contributed by atoms with E-state index in [1.54, 1.807) is 0 Å². The van der Waals surface area contributed by atoms with Crippen LogP contribution in [0.1, 0.15) is 5.56 Å². The van der Waals surface area contributed by atoms with Crippen LogP contribution < -0.4 is 0 Å². The molecule has 0 atom stereocenters. The molecule has 5 heteroatoms.